The highest BCUT2D eigenvalue weighted by atomic mass is 16.6. The van der Waals surface area contributed by atoms with Gasteiger partial charge in [-0.3, -0.25) is 0 Å². The van der Waals surface area contributed by atoms with Crippen LogP contribution in [0.25, 0.3) is 0 Å². The standard InChI is InChI=1S/C8H18O3/c1-2-5-10-6-3-4-7-11-8-9/h9H,2-8H2,1H3. The quantitative estimate of drug-likeness (QED) is 0.430. The third-order valence-electron chi connectivity index (χ3n) is 1.27. The van der Waals surface area contributed by atoms with E-state index in [1.807, 2.05) is 0 Å². The van der Waals surface area contributed by atoms with Crippen molar-refractivity contribution in [3.8, 4) is 0 Å². The highest BCUT2D eigenvalue weighted by Crippen LogP contribution is 1.91. The molecule has 0 radical (unpaired) electrons. The second kappa shape index (κ2) is 9.88. The van der Waals surface area contributed by atoms with E-state index in [9.17, 15) is 0 Å². The molecule has 0 saturated carbocycles. The lowest BCUT2D eigenvalue weighted by molar-refractivity contribution is -0.00496. The monoisotopic (exact) mass is 162 g/mol. The predicted molar refractivity (Wildman–Crippen MR) is 43.4 cm³/mol. The molecule has 3 heteroatoms. The minimum absolute atomic E-state index is 0.171. The molecule has 68 valence electrons. The van der Waals surface area contributed by atoms with Crippen LogP contribution in [0.5, 0.6) is 0 Å². The molecule has 0 aromatic rings. The van der Waals surface area contributed by atoms with Crippen molar-refractivity contribution in [2.75, 3.05) is 26.6 Å². The highest BCUT2D eigenvalue weighted by Gasteiger charge is 1.88. The fourth-order valence-electron chi connectivity index (χ4n) is 0.719. The van der Waals surface area contributed by atoms with Gasteiger partial charge in [-0.05, 0) is 19.3 Å². The van der Waals surface area contributed by atoms with E-state index in [0.29, 0.717) is 6.61 Å². The van der Waals surface area contributed by atoms with E-state index >= 15 is 0 Å². The highest BCUT2D eigenvalue weighted by molar-refractivity contribution is 4.36. The summed E-state index contributed by atoms with van der Waals surface area (Å²) in [5.41, 5.74) is 0. The maximum atomic E-state index is 8.25. The van der Waals surface area contributed by atoms with Crippen molar-refractivity contribution >= 4 is 0 Å². The van der Waals surface area contributed by atoms with Crippen LogP contribution in [-0.4, -0.2) is 31.7 Å². The van der Waals surface area contributed by atoms with Crippen molar-refractivity contribution in [3.63, 3.8) is 0 Å². The summed E-state index contributed by atoms with van der Waals surface area (Å²) in [5.74, 6) is 0. The number of ether oxygens (including phenoxy) is 2. The SMILES string of the molecule is CCCOCCCCOCO. The van der Waals surface area contributed by atoms with Crippen molar-refractivity contribution in [2.24, 2.45) is 0 Å². The summed E-state index contributed by atoms with van der Waals surface area (Å²) >= 11 is 0. The lowest BCUT2D eigenvalue weighted by Gasteiger charge is -2.01. The Bertz CT molecular complexity index is 58.4. The fourth-order valence-corrected chi connectivity index (χ4v) is 0.719. The van der Waals surface area contributed by atoms with Crippen LogP contribution in [0.2, 0.25) is 0 Å². The zero-order chi connectivity index (χ0) is 8.36. The molecule has 0 fully saturated rings. The Labute approximate surface area is 68.3 Å². The average Bonchev–Trinajstić information content (AvgIpc) is 2.03. The van der Waals surface area contributed by atoms with E-state index < -0.39 is 0 Å². The number of hydrogen-bond donors (Lipinski definition) is 1. The summed E-state index contributed by atoms with van der Waals surface area (Å²) < 4.78 is 9.98. The molecule has 0 aromatic heterocycles. The molecule has 0 amide bonds. The van der Waals surface area contributed by atoms with Gasteiger partial charge in [0.1, 0.15) is 6.79 Å². The predicted octanol–water partition coefficient (Wildman–Crippen LogP) is 1.16. The third kappa shape index (κ3) is 9.88. The van der Waals surface area contributed by atoms with Gasteiger partial charge in [-0.25, -0.2) is 0 Å². The Morgan fingerprint density at radius 2 is 1.64 bits per heavy atom. The second-order valence-electron chi connectivity index (χ2n) is 2.36. The molecule has 0 bridgehead atoms. The Kier molecular flexibility index (Phi) is 9.77. The maximum Gasteiger partial charge on any atom is 0.143 e. The van der Waals surface area contributed by atoms with Crippen molar-refractivity contribution in [1.82, 2.24) is 0 Å². The van der Waals surface area contributed by atoms with Crippen molar-refractivity contribution in [3.05, 3.63) is 0 Å². The largest absolute Gasteiger partial charge is 0.381 e. The van der Waals surface area contributed by atoms with Crippen LogP contribution in [0.15, 0.2) is 0 Å². The summed E-state index contributed by atoms with van der Waals surface area (Å²) in [6.45, 7) is 4.21. The summed E-state index contributed by atoms with van der Waals surface area (Å²) in [5, 5.41) is 8.25. The van der Waals surface area contributed by atoms with Gasteiger partial charge in [0, 0.05) is 19.8 Å². The molecule has 0 heterocycles. The molecule has 0 aliphatic carbocycles. The molecule has 0 aliphatic rings. The molecular weight excluding hydrogens is 144 g/mol. The summed E-state index contributed by atoms with van der Waals surface area (Å²) in [6, 6.07) is 0. The van der Waals surface area contributed by atoms with Crippen LogP contribution in [-0.2, 0) is 9.47 Å². The fraction of sp³-hybridized carbons (Fsp3) is 1.00. The van der Waals surface area contributed by atoms with Crippen LogP contribution in [0.3, 0.4) is 0 Å². The Morgan fingerprint density at radius 3 is 2.18 bits per heavy atom. The normalized spacial score (nSPS) is 10.4. The first kappa shape index (κ1) is 10.9. The Hall–Kier alpha value is -0.120. The maximum absolute atomic E-state index is 8.25. The van der Waals surface area contributed by atoms with Crippen LogP contribution in [0.4, 0.5) is 0 Å². The molecule has 0 unspecified atom stereocenters. The molecule has 11 heavy (non-hydrogen) atoms. The van der Waals surface area contributed by atoms with Gasteiger partial charge >= 0.3 is 0 Å². The second-order valence-corrected chi connectivity index (χ2v) is 2.36. The molecule has 0 spiro atoms. The van der Waals surface area contributed by atoms with Gasteiger partial charge in [0.2, 0.25) is 0 Å². The number of unbranched alkanes of at least 4 members (excludes halogenated alkanes) is 1. The molecule has 0 atom stereocenters. The van der Waals surface area contributed by atoms with Gasteiger partial charge in [0.15, 0.2) is 0 Å². The topological polar surface area (TPSA) is 38.7 Å². The molecule has 0 saturated heterocycles. The first-order valence-electron chi connectivity index (χ1n) is 4.18. The number of aliphatic hydroxyl groups excluding tert-OH is 1. The molecule has 0 aromatic carbocycles. The molecule has 0 rings (SSSR count). The van der Waals surface area contributed by atoms with E-state index in [2.05, 4.69) is 6.92 Å². The molecular formula is C8H18O3. The van der Waals surface area contributed by atoms with E-state index in [0.717, 1.165) is 32.5 Å². The van der Waals surface area contributed by atoms with Crippen LogP contribution >= 0.6 is 0 Å². The minimum atomic E-state index is -0.171. The Balaban J connectivity index is 2.69. The van der Waals surface area contributed by atoms with Crippen LogP contribution < -0.4 is 0 Å². The summed E-state index contributed by atoms with van der Waals surface area (Å²) in [4.78, 5) is 0. The number of aliphatic hydroxyl groups is 1. The number of hydrogen-bond acceptors (Lipinski definition) is 3. The van der Waals surface area contributed by atoms with Gasteiger partial charge in [-0.1, -0.05) is 6.92 Å². The first-order chi connectivity index (χ1) is 5.41. The van der Waals surface area contributed by atoms with E-state index in [4.69, 9.17) is 14.6 Å². The average molecular weight is 162 g/mol. The lowest BCUT2D eigenvalue weighted by Crippen LogP contribution is -1.99. The molecule has 0 aliphatic heterocycles. The zero-order valence-electron chi connectivity index (χ0n) is 7.21. The van der Waals surface area contributed by atoms with E-state index in [1.165, 1.54) is 0 Å². The first-order valence-corrected chi connectivity index (χ1v) is 4.18. The molecule has 3 nitrogen and oxygen atoms in total. The van der Waals surface area contributed by atoms with Crippen molar-refractivity contribution in [1.29, 1.82) is 0 Å². The lowest BCUT2D eigenvalue weighted by atomic mass is 10.3. The van der Waals surface area contributed by atoms with Gasteiger partial charge in [-0.15, -0.1) is 0 Å². The van der Waals surface area contributed by atoms with Gasteiger partial charge < -0.3 is 14.6 Å². The van der Waals surface area contributed by atoms with E-state index in [1.54, 1.807) is 0 Å². The van der Waals surface area contributed by atoms with Crippen LogP contribution in [0, 0.1) is 0 Å². The van der Waals surface area contributed by atoms with Crippen molar-refractivity contribution < 1.29 is 14.6 Å². The Morgan fingerprint density at radius 1 is 1.00 bits per heavy atom. The van der Waals surface area contributed by atoms with Crippen molar-refractivity contribution in [2.45, 2.75) is 26.2 Å². The summed E-state index contributed by atoms with van der Waals surface area (Å²) in [7, 11) is 0. The third-order valence-corrected chi connectivity index (χ3v) is 1.27. The molecule has 1 N–H and O–H groups in total. The van der Waals surface area contributed by atoms with Gasteiger partial charge in [0.25, 0.3) is 0 Å². The summed E-state index contributed by atoms with van der Waals surface area (Å²) in [6.07, 6.45) is 3.05. The van der Waals surface area contributed by atoms with E-state index in [-0.39, 0.29) is 6.79 Å². The number of rotatable bonds is 8. The smallest absolute Gasteiger partial charge is 0.143 e. The van der Waals surface area contributed by atoms with Crippen LogP contribution in [0.1, 0.15) is 26.2 Å². The minimum Gasteiger partial charge on any atom is -0.381 e. The zero-order valence-corrected chi connectivity index (χ0v) is 7.21. The van der Waals surface area contributed by atoms with Gasteiger partial charge in [-0.2, -0.15) is 0 Å². The van der Waals surface area contributed by atoms with Gasteiger partial charge in [0.05, 0.1) is 0 Å².